The maximum atomic E-state index is 11.7. The number of benzene rings is 2. The number of rotatable bonds is 5. The van der Waals surface area contributed by atoms with Gasteiger partial charge in [0.25, 0.3) is 0 Å². The lowest BCUT2D eigenvalue weighted by atomic mass is 9.98. The van der Waals surface area contributed by atoms with E-state index in [4.69, 9.17) is 4.74 Å². The van der Waals surface area contributed by atoms with Crippen molar-refractivity contribution in [2.75, 3.05) is 7.11 Å². The van der Waals surface area contributed by atoms with E-state index in [0.29, 0.717) is 5.56 Å². The molecule has 0 saturated carbocycles. The summed E-state index contributed by atoms with van der Waals surface area (Å²) in [4.78, 5) is 22.0. The number of phenolic OH excluding ortho intramolecular Hbond substituents is 1. The lowest BCUT2D eigenvalue weighted by Crippen LogP contribution is -2.01. The molecule has 2 aromatic carbocycles. The number of carbonyl (C=O) groups is 1. The van der Waals surface area contributed by atoms with Gasteiger partial charge in [0.15, 0.2) is 5.75 Å². The summed E-state index contributed by atoms with van der Waals surface area (Å²) >= 11 is 0. The number of aliphatic carboxylic acids is 1. The Balaban J connectivity index is 2.65. The largest absolute Gasteiger partial charge is 0.500 e. The maximum Gasteiger partial charge on any atom is 0.336 e. The molecule has 0 aliphatic heterocycles. The van der Waals surface area contributed by atoms with E-state index in [9.17, 15) is 25.1 Å². The summed E-state index contributed by atoms with van der Waals surface area (Å²) in [6.45, 7) is 3.78. The minimum absolute atomic E-state index is 0.0230. The number of nitrogens with zero attached hydrogens (tertiary/aromatic N) is 1. The fourth-order valence-electron chi connectivity index (χ4n) is 2.34. The number of phenols is 1. The Hall–Kier alpha value is -3.35. The lowest BCUT2D eigenvalue weighted by Gasteiger charge is -2.08. The third kappa shape index (κ3) is 3.77. The number of nitro benzene ring substituents is 1. The summed E-state index contributed by atoms with van der Waals surface area (Å²) in [5.41, 5.74) is 2.08. The molecule has 0 aliphatic rings. The highest BCUT2D eigenvalue weighted by Gasteiger charge is 2.20. The molecule has 0 atom stereocenters. The molecule has 2 rings (SSSR count). The predicted octanol–water partition coefficient (Wildman–Crippen LogP) is 3.55. The van der Waals surface area contributed by atoms with Gasteiger partial charge in [-0.3, -0.25) is 10.1 Å². The first-order chi connectivity index (χ1) is 11.7. The van der Waals surface area contributed by atoms with Gasteiger partial charge in [0.2, 0.25) is 5.75 Å². The van der Waals surface area contributed by atoms with E-state index in [1.165, 1.54) is 19.3 Å². The van der Waals surface area contributed by atoms with E-state index < -0.39 is 22.3 Å². The Kier molecular flexibility index (Phi) is 5.07. The van der Waals surface area contributed by atoms with Crippen molar-refractivity contribution in [3.8, 4) is 11.5 Å². The average Bonchev–Trinajstić information content (AvgIpc) is 2.55. The van der Waals surface area contributed by atoms with Crippen LogP contribution < -0.4 is 4.74 Å². The van der Waals surface area contributed by atoms with Crippen LogP contribution in [0.25, 0.3) is 11.6 Å². The third-order valence-corrected chi connectivity index (χ3v) is 3.85. The first-order valence-electron chi connectivity index (χ1n) is 7.32. The lowest BCUT2D eigenvalue weighted by molar-refractivity contribution is -0.386. The van der Waals surface area contributed by atoms with Crippen LogP contribution in [0, 0.1) is 24.0 Å². The maximum absolute atomic E-state index is 11.7. The zero-order chi connectivity index (χ0) is 18.7. The SMILES string of the molecule is COc1cc(/C=C(\C(=O)O)c2ccc(C)c(C)c2)cc([N+](=O)[O-])c1O. The molecule has 7 nitrogen and oxygen atoms in total. The zero-order valence-electron chi connectivity index (χ0n) is 13.9. The van der Waals surface area contributed by atoms with E-state index in [1.54, 1.807) is 18.2 Å². The molecule has 0 radical (unpaired) electrons. The molecule has 2 N–H and O–H groups in total. The number of ether oxygens (including phenoxy) is 1. The molecule has 0 fully saturated rings. The molecular weight excluding hydrogens is 326 g/mol. The number of methoxy groups -OCH3 is 1. The fraction of sp³-hybridized carbons (Fsp3) is 0.167. The highest BCUT2D eigenvalue weighted by atomic mass is 16.6. The predicted molar refractivity (Wildman–Crippen MR) is 92.7 cm³/mol. The first kappa shape index (κ1) is 18.0. The van der Waals surface area contributed by atoms with Crippen molar-refractivity contribution in [3.63, 3.8) is 0 Å². The van der Waals surface area contributed by atoms with E-state index in [-0.39, 0.29) is 16.9 Å². The molecule has 0 saturated heterocycles. The molecule has 0 heterocycles. The summed E-state index contributed by atoms with van der Waals surface area (Å²) < 4.78 is 4.93. The van der Waals surface area contributed by atoms with Gasteiger partial charge < -0.3 is 14.9 Å². The number of hydrogen-bond donors (Lipinski definition) is 2. The third-order valence-electron chi connectivity index (χ3n) is 3.85. The van der Waals surface area contributed by atoms with Crippen molar-refractivity contribution in [3.05, 3.63) is 62.7 Å². The highest BCUT2D eigenvalue weighted by molar-refractivity contribution is 6.20. The Morgan fingerprint density at radius 2 is 1.88 bits per heavy atom. The number of carboxylic acids is 1. The Morgan fingerprint density at radius 1 is 1.20 bits per heavy atom. The van der Waals surface area contributed by atoms with Crippen LogP contribution >= 0.6 is 0 Å². The Labute approximate surface area is 144 Å². The number of carboxylic acid groups (broad SMARTS) is 1. The second kappa shape index (κ2) is 7.04. The van der Waals surface area contributed by atoms with Gasteiger partial charge in [-0.25, -0.2) is 4.79 Å². The van der Waals surface area contributed by atoms with E-state index >= 15 is 0 Å². The van der Waals surface area contributed by atoms with Crippen LogP contribution in [0.4, 0.5) is 5.69 Å². The van der Waals surface area contributed by atoms with Gasteiger partial charge in [0.1, 0.15) is 0 Å². The number of aryl methyl sites for hydroxylation is 2. The standard InChI is InChI=1S/C18H17NO6/c1-10-4-5-13(6-11(10)2)14(18(21)22)7-12-8-15(19(23)24)17(20)16(9-12)25-3/h4-9,20H,1-3H3,(H,21,22)/b14-7-. The number of aromatic hydroxyl groups is 1. The van der Waals surface area contributed by atoms with Crippen LogP contribution in [0.15, 0.2) is 30.3 Å². The molecule has 0 aliphatic carbocycles. The second-order valence-electron chi connectivity index (χ2n) is 5.51. The van der Waals surface area contributed by atoms with Crippen LogP contribution in [-0.2, 0) is 4.79 Å². The molecule has 0 amide bonds. The van der Waals surface area contributed by atoms with E-state index in [2.05, 4.69) is 0 Å². The molecule has 2 aromatic rings. The minimum atomic E-state index is -1.17. The minimum Gasteiger partial charge on any atom is -0.500 e. The van der Waals surface area contributed by atoms with Crippen molar-refractivity contribution in [1.29, 1.82) is 0 Å². The summed E-state index contributed by atoms with van der Waals surface area (Å²) in [7, 11) is 1.26. The quantitative estimate of drug-likeness (QED) is 0.372. The first-order valence-corrected chi connectivity index (χ1v) is 7.32. The average molecular weight is 343 g/mol. The van der Waals surface area contributed by atoms with E-state index in [0.717, 1.165) is 17.2 Å². The van der Waals surface area contributed by atoms with Gasteiger partial charge >= 0.3 is 11.7 Å². The highest BCUT2D eigenvalue weighted by Crippen LogP contribution is 2.38. The molecule has 0 aromatic heterocycles. The van der Waals surface area contributed by atoms with Crippen molar-refractivity contribution in [1.82, 2.24) is 0 Å². The van der Waals surface area contributed by atoms with Gasteiger partial charge in [0, 0.05) is 6.07 Å². The van der Waals surface area contributed by atoms with Crippen molar-refractivity contribution in [2.45, 2.75) is 13.8 Å². The van der Waals surface area contributed by atoms with Crippen LogP contribution in [-0.4, -0.2) is 28.2 Å². The summed E-state index contributed by atoms with van der Waals surface area (Å²) in [5.74, 6) is -1.88. The fourth-order valence-corrected chi connectivity index (χ4v) is 2.34. The molecule has 0 bridgehead atoms. The van der Waals surface area contributed by atoms with Crippen LogP contribution in [0.1, 0.15) is 22.3 Å². The normalized spacial score (nSPS) is 11.2. The van der Waals surface area contributed by atoms with Crippen molar-refractivity contribution < 1.29 is 24.7 Å². The van der Waals surface area contributed by atoms with E-state index in [1.807, 2.05) is 13.8 Å². The molecule has 0 spiro atoms. The van der Waals surface area contributed by atoms with Gasteiger partial charge in [-0.05, 0) is 48.2 Å². The number of hydrogen-bond acceptors (Lipinski definition) is 5. The van der Waals surface area contributed by atoms with Gasteiger partial charge in [-0.1, -0.05) is 18.2 Å². The topological polar surface area (TPSA) is 110 Å². The van der Waals surface area contributed by atoms with Crippen LogP contribution in [0.3, 0.4) is 0 Å². The number of nitro groups is 1. The molecular formula is C18H17NO6. The Morgan fingerprint density at radius 3 is 2.40 bits per heavy atom. The van der Waals surface area contributed by atoms with Crippen LogP contribution in [0.2, 0.25) is 0 Å². The smallest absolute Gasteiger partial charge is 0.336 e. The summed E-state index contributed by atoms with van der Waals surface area (Å²) in [6, 6.07) is 7.66. The Bertz CT molecular complexity index is 885. The van der Waals surface area contributed by atoms with Gasteiger partial charge in [-0.15, -0.1) is 0 Å². The van der Waals surface area contributed by atoms with Crippen molar-refractivity contribution in [2.24, 2.45) is 0 Å². The van der Waals surface area contributed by atoms with Crippen molar-refractivity contribution >= 4 is 23.3 Å². The van der Waals surface area contributed by atoms with Crippen LogP contribution in [0.5, 0.6) is 11.5 Å². The second-order valence-corrected chi connectivity index (χ2v) is 5.51. The summed E-state index contributed by atoms with van der Waals surface area (Å²) in [6.07, 6.45) is 1.31. The van der Waals surface area contributed by atoms with Gasteiger partial charge in [-0.2, -0.15) is 0 Å². The molecule has 25 heavy (non-hydrogen) atoms. The summed E-state index contributed by atoms with van der Waals surface area (Å²) in [5, 5.41) is 30.4. The molecule has 7 heteroatoms. The monoisotopic (exact) mass is 343 g/mol. The molecule has 0 unspecified atom stereocenters. The van der Waals surface area contributed by atoms with Gasteiger partial charge in [0.05, 0.1) is 17.6 Å². The molecule has 130 valence electrons. The zero-order valence-corrected chi connectivity index (χ0v) is 13.9.